The molecule has 2 rings (SSSR count). The van der Waals surface area contributed by atoms with Crippen molar-refractivity contribution in [3.05, 3.63) is 42.4 Å². The Hall–Kier alpha value is -2.90. The number of nitrogens with zero attached hydrogens (tertiary/aromatic N) is 5. The van der Waals surface area contributed by atoms with E-state index in [2.05, 4.69) is 25.7 Å². The van der Waals surface area contributed by atoms with Gasteiger partial charge in [0.25, 0.3) is 0 Å². The third-order valence-electron chi connectivity index (χ3n) is 4.06. The van der Waals surface area contributed by atoms with E-state index in [1.807, 2.05) is 50.1 Å². The number of hydrogen-bond acceptors (Lipinski definition) is 4. The van der Waals surface area contributed by atoms with E-state index in [0.29, 0.717) is 25.5 Å². The molecule has 2 aromatic rings. The van der Waals surface area contributed by atoms with Crippen molar-refractivity contribution < 1.29 is 4.79 Å². The van der Waals surface area contributed by atoms with Crippen LogP contribution in [0.25, 0.3) is 5.82 Å². The second kappa shape index (κ2) is 10.9. The highest BCUT2D eigenvalue weighted by Crippen LogP contribution is 2.07. The molecule has 2 aromatic heterocycles. The van der Waals surface area contributed by atoms with Crippen molar-refractivity contribution >= 4 is 11.9 Å². The molecule has 0 aliphatic heterocycles. The standard InChI is InChI=1S/C19H29N7O/c1-4-20-19(22-12-9-18(27)25(5-2)6-3)23-15-16-8-11-21-17(14-16)26-13-7-10-24-26/h7-8,10-11,13-14H,4-6,9,12,15H2,1-3H3,(H2,20,22,23). The Morgan fingerprint density at radius 2 is 2.04 bits per heavy atom. The number of hydrogen-bond donors (Lipinski definition) is 2. The minimum Gasteiger partial charge on any atom is -0.357 e. The van der Waals surface area contributed by atoms with Gasteiger partial charge in [-0.25, -0.2) is 14.7 Å². The first-order valence-electron chi connectivity index (χ1n) is 9.42. The van der Waals surface area contributed by atoms with Gasteiger partial charge in [0.05, 0.1) is 6.54 Å². The van der Waals surface area contributed by atoms with E-state index in [9.17, 15) is 4.79 Å². The van der Waals surface area contributed by atoms with Gasteiger partial charge in [-0.05, 0) is 44.5 Å². The highest BCUT2D eigenvalue weighted by Gasteiger charge is 2.09. The van der Waals surface area contributed by atoms with Gasteiger partial charge in [0, 0.05) is 51.2 Å². The first-order valence-corrected chi connectivity index (χ1v) is 9.42. The molecule has 1 amide bonds. The normalized spacial score (nSPS) is 11.3. The van der Waals surface area contributed by atoms with Crippen LogP contribution in [0.1, 0.15) is 32.8 Å². The third-order valence-corrected chi connectivity index (χ3v) is 4.06. The number of nitrogens with one attached hydrogen (secondary N) is 2. The van der Waals surface area contributed by atoms with E-state index in [4.69, 9.17) is 0 Å². The predicted molar refractivity (Wildman–Crippen MR) is 107 cm³/mol. The van der Waals surface area contributed by atoms with Crippen molar-refractivity contribution in [2.75, 3.05) is 26.2 Å². The second-order valence-electron chi connectivity index (χ2n) is 5.91. The predicted octanol–water partition coefficient (Wildman–Crippen LogP) is 1.58. The summed E-state index contributed by atoms with van der Waals surface area (Å²) in [7, 11) is 0. The molecule has 0 saturated heterocycles. The molecule has 0 radical (unpaired) electrons. The zero-order valence-electron chi connectivity index (χ0n) is 16.4. The van der Waals surface area contributed by atoms with Crippen LogP contribution in [0.15, 0.2) is 41.8 Å². The summed E-state index contributed by atoms with van der Waals surface area (Å²) in [4.78, 5) is 22.8. The van der Waals surface area contributed by atoms with Gasteiger partial charge in [0.2, 0.25) is 5.91 Å². The number of carbonyl (C=O) groups is 1. The molecule has 0 unspecified atom stereocenters. The molecule has 8 heteroatoms. The molecule has 2 heterocycles. The Morgan fingerprint density at radius 3 is 2.70 bits per heavy atom. The molecule has 0 bridgehead atoms. The first-order chi connectivity index (χ1) is 13.2. The topological polar surface area (TPSA) is 87.4 Å². The van der Waals surface area contributed by atoms with Crippen molar-refractivity contribution in [1.29, 1.82) is 0 Å². The van der Waals surface area contributed by atoms with Gasteiger partial charge in [0.1, 0.15) is 0 Å². The maximum atomic E-state index is 12.1. The maximum absolute atomic E-state index is 12.1. The fraction of sp³-hybridized carbons (Fsp3) is 0.474. The lowest BCUT2D eigenvalue weighted by Crippen LogP contribution is -2.40. The van der Waals surface area contributed by atoms with Crippen LogP contribution in [0.5, 0.6) is 0 Å². The minimum absolute atomic E-state index is 0.154. The first kappa shape index (κ1) is 20.4. The van der Waals surface area contributed by atoms with Crippen LogP contribution < -0.4 is 10.6 Å². The number of aliphatic imine (C=N–C) groups is 1. The average Bonchev–Trinajstić information content (AvgIpc) is 3.22. The number of carbonyl (C=O) groups excluding carboxylic acids is 1. The smallest absolute Gasteiger partial charge is 0.224 e. The highest BCUT2D eigenvalue weighted by molar-refractivity contribution is 5.81. The number of aromatic nitrogens is 3. The summed E-state index contributed by atoms with van der Waals surface area (Å²) in [6.45, 7) is 9.30. The Balaban J connectivity index is 1.93. The summed E-state index contributed by atoms with van der Waals surface area (Å²) >= 11 is 0. The average molecular weight is 371 g/mol. The van der Waals surface area contributed by atoms with Crippen LogP contribution in [0.3, 0.4) is 0 Å². The molecule has 27 heavy (non-hydrogen) atoms. The Labute approximate surface area is 160 Å². The van der Waals surface area contributed by atoms with E-state index < -0.39 is 0 Å². The number of rotatable bonds is 9. The molecular formula is C19H29N7O. The molecular weight excluding hydrogens is 342 g/mol. The van der Waals surface area contributed by atoms with Crippen molar-refractivity contribution in [3.8, 4) is 5.82 Å². The second-order valence-corrected chi connectivity index (χ2v) is 5.91. The van der Waals surface area contributed by atoms with Crippen LogP contribution in [0.4, 0.5) is 0 Å². The molecule has 0 fully saturated rings. The van der Waals surface area contributed by atoms with Gasteiger partial charge in [-0.1, -0.05) is 0 Å². The van der Waals surface area contributed by atoms with Crippen LogP contribution in [-0.2, 0) is 11.3 Å². The van der Waals surface area contributed by atoms with E-state index in [1.165, 1.54) is 0 Å². The molecule has 0 atom stereocenters. The molecule has 0 aromatic carbocycles. The maximum Gasteiger partial charge on any atom is 0.224 e. The zero-order valence-corrected chi connectivity index (χ0v) is 16.4. The van der Waals surface area contributed by atoms with Crippen molar-refractivity contribution in [3.63, 3.8) is 0 Å². The third kappa shape index (κ3) is 6.40. The fourth-order valence-corrected chi connectivity index (χ4v) is 2.62. The summed E-state index contributed by atoms with van der Waals surface area (Å²) in [5.41, 5.74) is 1.03. The van der Waals surface area contributed by atoms with Crippen LogP contribution in [0, 0.1) is 0 Å². The van der Waals surface area contributed by atoms with E-state index in [-0.39, 0.29) is 5.91 Å². The van der Waals surface area contributed by atoms with E-state index >= 15 is 0 Å². The number of pyridine rings is 1. The Bertz CT molecular complexity index is 723. The number of amides is 1. The van der Waals surface area contributed by atoms with Gasteiger partial charge in [-0.2, -0.15) is 5.10 Å². The molecule has 2 N–H and O–H groups in total. The largest absolute Gasteiger partial charge is 0.357 e. The van der Waals surface area contributed by atoms with Gasteiger partial charge < -0.3 is 15.5 Å². The van der Waals surface area contributed by atoms with Crippen LogP contribution in [-0.4, -0.2) is 57.7 Å². The summed E-state index contributed by atoms with van der Waals surface area (Å²) < 4.78 is 1.72. The SMILES string of the molecule is CCNC(=NCc1ccnc(-n2cccn2)c1)NCCC(=O)N(CC)CC. The summed E-state index contributed by atoms with van der Waals surface area (Å²) in [6.07, 6.45) is 5.78. The molecule has 8 nitrogen and oxygen atoms in total. The van der Waals surface area contributed by atoms with Gasteiger partial charge >= 0.3 is 0 Å². The fourth-order valence-electron chi connectivity index (χ4n) is 2.62. The van der Waals surface area contributed by atoms with Gasteiger partial charge in [0.15, 0.2) is 11.8 Å². The summed E-state index contributed by atoms with van der Waals surface area (Å²) in [6, 6.07) is 5.76. The van der Waals surface area contributed by atoms with E-state index in [1.54, 1.807) is 17.1 Å². The lowest BCUT2D eigenvalue weighted by atomic mass is 10.2. The Kier molecular flexibility index (Phi) is 8.28. The molecule has 146 valence electrons. The summed E-state index contributed by atoms with van der Waals surface area (Å²) in [5, 5.41) is 10.6. The highest BCUT2D eigenvalue weighted by atomic mass is 16.2. The lowest BCUT2D eigenvalue weighted by Gasteiger charge is -2.19. The molecule has 0 spiro atoms. The van der Waals surface area contributed by atoms with Gasteiger partial charge in [-0.15, -0.1) is 0 Å². The lowest BCUT2D eigenvalue weighted by molar-refractivity contribution is -0.130. The quantitative estimate of drug-likeness (QED) is 0.516. The number of guanidine groups is 1. The Morgan fingerprint density at radius 1 is 1.22 bits per heavy atom. The van der Waals surface area contributed by atoms with Crippen molar-refractivity contribution in [2.45, 2.75) is 33.7 Å². The zero-order chi connectivity index (χ0) is 19.5. The van der Waals surface area contributed by atoms with E-state index in [0.717, 1.165) is 31.0 Å². The molecule has 0 aliphatic carbocycles. The summed E-state index contributed by atoms with van der Waals surface area (Å²) in [5.74, 6) is 1.61. The van der Waals surface area contributed by atoms with Crippen molar-refractivity contribution in [2.24, 2.45) is 4.99 Å². The monoisotopic (exact) mass is 371 g/mol. The molecule has 0 aliphatic rings. The van der Waals surface area contributed by atoms with Crippen molar-refractivity contribution in [1.82, 2.24) is 30.3 Å². The van der Waals surface area contributed by atoms with Crippen LogP contribution >= 0.6 is 0 Å². The minimum atomic E-state index is 0.154. The molecule has 0 saturated carbocycles. The van der Waals surface area contributed by atoms with Gasteiger partial charge in [-0.3, -0.25) is 4.79 Å². The van der Waals surface area contributed by atoms with Crippen LogP contribution in [0.2, 0.25) is 0 Å².